The van der Waals surface area contributed by atoms with Crippen LogP contribution in [-0.2, 0) is 26.2 Å². The van der Waals surface area contributed by atoms with E-state index < -0.39 is 39.9 Å². The Kier molecular flexibility index (Phi) is 8.83. The fourth-order valence-corrected chi connectivity index (χ4v) is 4.50. The van der Waals surface area contributed by atoms with Gasteiger partial charge in [0.2, 0.25) is 21.8 Å². The van der Waals surface area contributed by atoms with Crippen LogP contribution in [0.2, 0.25) is 0 Å². The van der Waals surface area contributed by atoms with Crippen LogP contribution in [0.25, 0.3) is 0 Å². The third-order valence-corrected chi connectivity index (χ3v) is 6.34. The fourth-order valence-electron chi connectivity index (χ4n) is 3.60. The molecule has 0 aliphatic carbocycles. The maximum absolute atomic E-state index is 13.6. The molecule has 0 saturated carbocycles. The molecule has 0 saturated heterocycles. The average Bonchev–Trinajstić information content (AvgIpc) is 2.71. The van der Waals surface area contributed by atoms with Gasteiger partial charge in [-0.2, -0.15) is 0 Å². The molecule has 2 aromatic carbocycles. The highest BCUT2D eigenvalue weighted by atomic mass is 32.2. The van der Waals surface area contributed by atoms with Crippen molar-refractivity contribution in [2.45, 2.75) is 59.2 Å². The van der Waals surface area contributed by atoms with Crippen molar-refractivity contribution < 1.29 is 22.4 Å². The zero-order chi connectivity index (χ0) is 25.7. The maximum atomic E-state index is 13.6. The highest BCUT2D eigenvalue weighted by molar-refractivity contribution is 7.92. The lowest BCUT2D eigenvalue weighted by atomic mass is 10.1. The number of rotatable bonds is 9. The summed E-state index contributed by atoms with van der Waals surface area (Å²) in [4.78, 5) is 28.0. The van der Waals surface area contributed by atoms with E-state index in [1.165, 1.54) is 17.0 Å². The van der Waals surface area contributed by atoms with Gasteiger partial charge < -0.3 is 10.2 Å². The van der Waals surface area contributed by atoms with Crippen LogP contribution in [0, 0.1) is 12.7 Å². The van der Waals surface area contributed by atoms with Gasteiger partial charge in [-0.05, 0) is 63.4 Å². The molecule has 0 heterocycles. The molecule has 0 spiro atoms. The summed E-state index contributed by atoms with van der Waals surface area (Å²) in [5, 5.41) is 2.90. The Hall–Kier alpha value is -2.94. The number of hydrogen-bond donors (Lipinski definition) is 1. The molecule has 0 radical (unpaired) electrons. The van der Waals surface area contributed by atoms with E-state index in [4.69, 9.17) is 0 Å². The Morgan fingerprint density at radius 1 is 1.06 bits per heavy atom. The first-order chi connectivity index (χ1) is 15.7. The van der Waals surface area contributed by atoms with Crippen molar-refractivity contribution in [3.63, 3.8) is 0 Å². The number of para-hydroxylation sites is 1. The zero-order valence-electron chi connectivity index (χ0n) is 20.6. The fraction of sp³-hybridized carbons (Fsp3) is 0.440. The Bertz CT molecular complexity index is 1110. The molecule has 0 bridgehead atoms. The Balaban J connectivity index is 2.46. The lowest BCUT2D eigenvalue weighted by molar-refractivity contribution is -0.141. The van der Waals surface area contributed by atoms with Crippen molar-refractivity contribution in [3.8, 4) is 0 Å². The summed E-state index contributed by atoms with van der Waals surface area (Å²) in [6.45, 7) is 8.63. The first-order valence-corrected chi connectivity index (χ1v) is 13.0. The van der Waals surface area contributed by atoms with Crippen molar-refractivity contribution in [2.24, 2.45) is 0 Å². The van der Waals surface area contributed by atoms with Crippen LogP contribution in [0.1, 0.15) is 45.2 Å². The molecule has 0 aliphatic heterocycles. The van der Waals surface area contributed by atoms with Gasteiger partial charge in [0.05, 0.1) is 11.9 Å². The third-order valence-electron chi connectivity index (χ3n) is 5.21. The second kappa shape index (κ2) is 11.0. The summed E-state index contributed by atoms with van der Waals surface area (Å²) in [5.74, 6) is -1.29. The Morgan fingerprint density at radius 2 is 1.65 bits per heavy atom. The first-order valence-electron chi connectivity index (χ1n) is 11.1. The number of carbonyl (C=O) groups excluding carboxylic acids is 2. The third kappa shape index (κ3) is 7.55. The SMILES string of the molecule is CCC(C(=O)NC(C)(C)C)N(Cc1ccc(F)cc1)C(=O)CN(c1ccccc1C)S(C)(=O)=O. The lowest BCUT2D eigenvalue weighted by Crippen LogP contribution is -2.55. The number of amides is 2. The van der Waals surface area contributed by atoms with Crippen LogP contribution in [0.5, 0.6) is 0 Å². The van der Waals surface area contributed by atoms with Crippen LogP contribution < -0.4 is 9.62 Å². The molecule has 2 amide bonds. The number of halogens is 1. The normalized spacial score (nSPS) is 12.7. The van der Waals surface area contributed by atoms with Gasteiger partial charge >= 0.3 is 0 Å². The van der Waals surface area contributed by atoms with E-state index in [9.17, 15) is 22.4 Å². The Morgan fingerprint density at radius 3 is 2.15 bits per heavy atom. The maximum Gasteiger partial charge on any atom is 0.244 e. The molecule has 1 unspecified atom stereocenters. The minimum Gasteiger partial charge on any atom is -0.350 e. The second-order valence-corrected chi connectivity index (χ2v) is 11.3. The summed E-state index contributed by atoms with van der Waals surface area (Å²) >= 11 is 0. The summed E-state index contributed by atoms with van der Waals surface area (Å²) in [6.07, 6.45) is 1.36. The smallest absolute Gasteiger partial charge is 0.244 e. The number of carbonyl (C=O) groups is 2. The van der Waals surface area contributed by atoms with Gasteiger partial charge in [0.1, 0.15) is 18.4 Å². The van der Waals surface area contributed by atoms with Gasteiger partial charge in [0.25, 0.3) is 0 Å². The second-order valence-electron chi connectivity index (χ2n) is 9.37. The van der Waals surface area contributed by atoms with Crippen molar-refractivity contribution in [2.75, 3.05) is 17.1 Å². The van der Waals surface area contributed by atoms with E-state index in [1.807, 2.05) is 20.8 Å². The highest BCUT2D eigenvalue weighted by Crippen LogP contribution is 2.23. The summed E-state index contributed by atoms with van der Waals surface area (Å²) < 4.78 is 39.8. The van der Waals surface area contributed by atoms with Crippen LogP contribution in [0.15, 0.2) is 48.5 Å². The molecule has 186 valence electrons. The van der Waals surface area contributed by atoms with Gasteiger partial charge in [0.15, 0.2) is 0 Å². The molecule has 0 aliphatic rings. The predicted octanol–water partition coefficient (Wildman–Crippen LogP) is 3.62. The number of sulfonamides is 1. The van der Waals surface area contributed by atoms with Gasteiger partial charge in [-0.25, -0.2) is 12.8 Å². The van der Waals surface area contributed by atoms with E-state index in [2.05, 4.69) is 5.32 Å². The van der Waals surface area contributed by atoms with Crippen LogP contribution in [0.3, 0.4) is 0 Å². The molecule has 0 aromatic heterocycles. The van der Waals surface area contributed by atoms with E-state index in [0.29, 0.717) is 23.2 Å². The van der Waals surface area contributed by atoms with E-state index in [0.717, 1.165) is 10.6 Å². The molecule has 34 heavy (non-hydrogen) atoms. The molecule has 7 nitrogen and oxygen atoms in total. The molecule has 2 aromatic rings. The molecule has 1 N–H and O–H groups in total. The number of benzene rings is 2. The minimum atomic E-state index is -3.79. The minimum absolute atomic E-state index is 0.0283. The molecule has 0 fully saturated rings. The Labute approximate surface area is 202 Å². The van der Waals surface area contributed by atoms with Gasteiger partial charge in [0, 0.05) is 12.1 Å². The predicted molar refractivity (Wildman–Crippen MR) is 132 cm³/mol. The van der Waals surface area contributed by atoms with Crippen molar-refractivity contribution >= 4 is 27.5 Å². The van der Waals surface area contributed by atoms with Crippen molar-refractivity contribution in [1.82, 2.24) is 10.2 Å². The van der Waals surface area contributed by atoms with Crippen molar-refractivity contribution in [3.05, 3.63) is 65.5 Å². The van der Waals surface area contributed by atoms with Crippen LogP contribution in [-0.4, -0.2) is 49.5 Å². The number of nitrogens with zero attached hydrogens (tertiary/aromatic N) is 2. The van der Waals surface area contributed by atoms with E-state index in [-0.39, 0.29) is 12.5 Å². The highest BCUT2D eigenvalue weighted by Gasteiger charge is 2.33. The zero-order valence-corrected chi connectivity index (χ0v) is 21.4. The van der Waals surface area contributed by atoms with Crippen molar-refractivity contribution in [1.29, 1.82) is 0 Å². The number of nitrogens with one attached hydrogen (secondary N) is 1. The largest absolute Gasteiger partial charge is 0.350 e. The van der Waals surface area contributed by atoms with E-state index >= 15 is 0 Å². The molecule has 9 heteroatoms. The summed E-state index contributed by atoms with van der Waals surface area (Å²) in [7, 11) is -3.79. The molecule has 1 atom stereocenters. The molecule has 2 rings (SSSR count). The van der Waals surface area contributed by atoms with Gasteiger partial charge in [-0.3, -0.25) is 13.9 Å². The monoisotopic (exact) mass is 491 g/mol. The van der Waals surface area contributed by atoms with E-state index in [1.54, 1.807) is 50.2 Å². The number of hydrogen-bond acceptors (Lipinski definition) is 4. The van der Waals surface area contributed by atoms with Gasteiger partial charge in [-0.1, -0.05) is 37.3 Å². The number of anilines is 1. The molecular formula is C25H34FN3O4S. The number of aryl methyl sites for hydroxylation is 1. The van der Waals surface area contributed by atoms with Gasteiger partial charge in [-0.15, -0.1) is 0 Å². The summed E-state index contributed by atoms with van der Waals surface area (Å²) in [5.41, 5.74) is 1.20. The topological polar surface area (TPSA) is 86.8 Å². The van der Waals surface area contributed by atoms with Crippen LogP contribution >= 0.6 is 0 Å². The van der Waals surface area contributed by atoms with Crippen LogP contribution in [0.4, 0.5) is 10.1 Å². The summed E-state index contributed by atoms with van der Waals surface area (Å²) in [6, 6.07) is 11.7. The standard InChI is InChI=1S/C25H34FN3O4S/c1-7-21(24(31)27-25(3,4)5)28(16-19-12-14-20(26)15-13-19)23(30)17-29(34(6,32)33)22-11-9-8-10-18(22)2/h8-15,21H,7,16-17H2,1-6H3,(H,27,31). The average molecular weight is 492 g/mol. The molecular weight excluding hydrogens is 457 g/mol. The quantitative estimate of drug-likeness (QED) is 0.581. The lowest BCUT2D eigenvalue weighted by Gasteiger charge is -2.34. The first kappa shape index (κ1) is 27.3.